The first-order chi connectivity index (χ1) is 10.6. The number of nitrogens with zero attached hydrogens (tertiary/aromatic N) is 2. The van der Waals surface area contributed by atoms with Gasteiger partial charge in [0.1, 0.15) is 5.82 Å². The van der Waals surface area contributed by atoms with Crippen LogP contribution in [0, 0.1) is 0 Å². The average Bonchev–Trinajstić information content (AvgIpc) is 2.53. The quantitative estimate of drug-likeness (QED) is 0.868. The molecule has 2 rings (SSSR count). The maximum atomic E-state index is 11.8. The van der Waals surface area contributed by atoms with Crippen LogP contribution in [0.15, 0.2) is 24.4 Å². The van der Waals surface area contributed by atoms with E-state index in [0.717, 1.165) is 0 Å². The summed E-state index contributed by atoms with van der Waals surface area (Å²) in [4.78, 5) is 20.2. The number of hydrogen-bond acceptors (Lipinski definition) is 6. The van der Waals surface area contributed by atoms with Crippen LogP contribution in [-0.4, -0.2) is 36.6 Å². The van der Waals surface area contributed by atoms with Gasteiger partial charge in [-0.1, -0.05) is 6.07 Å². The van der Waals surface area contributed by atoms with E-state index in [1.165, 1.54) is 13.3 Å². The van der Waals surface area contributed by atoms with Gasteiger partial charge in [0, 0.05) is 12.7 Å². The highest BCUT2D eigenvalue weighted by Gasteiger charge is 2.17. The molecule has 0 aliphatic heterocycles. The van der Waals surface area contributed by atoms with Gasteiger partial charge in [-0.3, -0.25) is 4.79 Å². The van der Waals surface area contributed by atoms with Crippen LogP contribution in [0.2, 0.25) is 0 Å². The number of nitrogens with two attached hydrogens (primary N) is 1. The van der Waals surface area contributed by atoms with Crippen molar-refractivity contribution in [3.05, 3.63) is 30.0 Å². The lowest BCUT2D eigenvalue weighted by molar-refractivity contribution is 0.0956. The standard InChI is InChI=1S/C15H18N4O3/c1-4-17-15(20)10-8-18-14(19-13(10)16)9-6-5-7-11(21-2)12(9)22-3/h5-8H,4H2,1-3H3,(H,17,20)(H2,16,18,19). The Morgan fingerprint density at radius 3 is 2.68 bits per heavy atom. The molecule has 0 spiro atoms. The van der Waals surface area contributed by atoms with Gasteiger partial charge in [0.25, 0.3) is 5.91 Å². The van der Waals surface area contributed by atoms with Crippen molar-refractivity contribution in [2.75, 3.05) is 26.5 Å². The van der Waals surface area contributed by atoms with Crippen molar-refractivity contribution in [3.8, 4) is 22.9 Å². The van der Waals surface area contributed by atoms with Crippen molar-refractivity contribution in [1.29, 1.82) is 0 Å². The highest BCUT2D eigenvalue weighted by molar-refractivity contribution is 5.98. The number of anilines is 1. The predicted molar refractivity (Wildman–Crippen MR) is 83.0 cm³/mol. The molecule has 0 bridgehead atoms. The lowest BCUT2D eigenvalue weighted by atomic mass is 10.1. The second-order valence-corrected chi connectivity index (χ2v) is 4.39. The first-order valence-corrected chi connectivity index (χ1v) is 6.74. The third-order valence-electron chi connectivity index (χ3n) is 3.04. The van der Waals surface area contributed by atoms with Crippen molar-refractivity contribution < 1.29 is 14.3 Å². The fourth-order valence-corrected chi connectivity index (χ4v) is 2.02. The van der Waals surface area contributed by atoms with Gasteiger partial charge in [0.05, 0.1) is 25.3 Å². The molecule has 1 aromatic heterocycles. The van der Waals surface area contributed by atoms with E-state index in [-0.39, 0.29) is 17.3 Å². The molecule has 0 atom stereocenters. The SMILES string of the molecule is CCNC(=O)c1cnc(-c2cccc(OC)c2OC)nc1N. The third-order valence-corrected chi connectivity index (χ3v) is 3.04. The number of carbonyl (C=O) groups is 1. The van der Waals surface area contributed by atoms with Crippen LogP contribution in [0.3, 0.4) is 0 Å². The molecular formula is C15H18N4O3. The largest absolute Gasteiger partial charge is 0.493 e. The Morgan fingerprint density at radius 2 is 2.09 bits per heavy atom. The van der Waals surface area contributed by atoms with Crippen molar-refractivity contribution in [2.45, 2.75) is 6.92 Å². The Balaban J connectivity index is 2.47. The Morgan fingerprint density at radius 1 is 1.32 bits per heavy atom. The molecule has 0 fully saturated rings. The number of benzene rings is 1. The van der Waals surface area contributed by atoms with Crippen LogP contribution >= 0.6 is 0 Å². The number of methoxy groups -OCH3 is 2. The topological polar surface area (TPSA) is 99.4 Å². The molecule has 0 aliphatic rings. The van der Waals surface area contributed by atoms with Crippen molar-refractivity contribution >= 4 is 11.7 Å². The summed E-state index contributed by atoms with van der Waals surface area (Å²) < 4.78 is 10.6. The van der Waals surface area contributed by atoms with Crippen molar-refractivity contribution in [1.82, 2.24) is 15.3 Å². The number of hydrogen-bond donors (Lipinski definition) is 2. The van der Waals surface area contributed by atoms with Crippen LogP contribution in [0.1, 0.15) is 17.3 Å². The molecule has 1 heterocycles. The molecule has 7 heteroatoms. The van der Waals surface area contributed by atoms with Gasteiger partial charge in [-0.2, -0.15) is 0 Å². The summed E-state index contributed by atoms with van der Waals surface area (Å²) in [6, 6.07) is 5.37. The van der Waals surface area contributed by atoms with E-state index < -0.39 is 0 Å². The monoisotopic (exact) mass is 302 g/mol. The molecule has 1 aromatic carbocycles. The highest BCUT2D eigenvalue weighted by atomic mass is 16.5. The molecule has 3 N–H and O–H groups in total. The Hall–Kier alpha value is -2.83. The number of para-hydroxylation sites is 1. The minimum atomic E-state index is -0.302. The van der Waals surface area contributed by atoms with Gasteiger partial charge in [0.2, 0.25) is 0 Å². The Bertz CT molecular complexity index is 688. The van der Waals surface area contributed by atoms with E-state index in [1.54, 1.807) is 25.3 Å². The van der Waals surface area contributed by atoms with Crippen LogP contribution in [0.4, 0.5) is 5.82 Å². The molecular weight excluding hydrogens is 284 g/mol. The van der Waals surface area contributed by atoms with Gasteiger partial charge in [-0.25, -0.2) is 9.97 Å². The fraction of sp³-hybridized carbons (Fsp3) is 0.267. The average molecular weight is 302 g/mol. The van der Waals surface area contributed by atoms with Crippen LogP contribution in [0.5, 0.6) is 11.5 Å². The molecule has 116 valence electrons. The fourth-order valence-electron chi connectivity index (χ4n) is 2.02. The lowest BCUT2D eigenvalue weighted by Crippen LogP contribution is -2.24. The van der Waals surface area contributed by atoms with Gasteiger partial charge in [-0.15, -0.1) is 0 Å². The third kappa shape index (κ3) is 2.93. The van der Waals surface area contributed by atoms with E-state index in [2.05, 4.69) is 15.3 Å². The van der Waals surface area contributed by atoms with E-state index in [9.17, 15) is 4.79 Å². The molecule has 0 aliphatic carbocycles. The zero-order valence-corrected chi connectivity index (χ0v) is 12.7. The minimum absolute atomic E-state index is 0.112. The minimum Gasteiger partial charge on any atom is -0.493 e. The smallest absolute Gasteiger partial charge is 0.256 e. The number of carbonyl (C=O) groups excluding carboxylic acids is 1. The van der Waals surface area contributed by atoms with E-state index in [1.807, 2.05) is 6.92 Å². The number of amides is 1. The molecule has 0 unspecified atom stereocenters. The molecule has 22 heavy (non-hydrogen) atoms. The molecule has 7 nitrogen and oxygen atoms in total. The number of aromatic nitrogens is 2. The summed E-state index contributed by atoms with van der Waals surface area (Å²) >= 11 is 0. The molecule has 0 radical (unpaired) electrons. The Labute approximate surface area is 128 Å². The van der Waals surface area contributed by atoms with Gasteiger partial charge in [0.15, 0.2) is 17.3 Å². The summed E-state index contributed by atoms with van der Waals surface area (Å²) in [5.74, 6) is 1.25. The van der Waals surface area contributed by atoms with Crippen LogP contribution in [0.25, 0.3) is 11.4 Å². The molecule has 0 saturated heterocycles. The zero-order chi connectivity index (χ0) is 16.1. The number of nitrogen functional groups attached to an aromatic ring is 1. The molecule has 0 saturated carbocycles. The van der Waals surface area contributed by atoms with Crippen LogP contribution in [-0.2, 0) is 0 Å². The van der Waals surface area contributed by atoms with Crippen LogP contribution < -0.4 is 20.5 Å². The second-order valence-electron chi connectivity index (χ2n) is 4.39. The van der Waals surface area contributed by atoms with Crippen molar-refractivity contribution in [2.24, 2.45) is 0 Å². The molecule has 2 aromatic rings. The summed E-state index contributed by atoms with van der Waals surface area (Å²) in [6.07, 6.45) is 1.40. The predicted octanol–water partition coefficient (Wildman–Crippen LogP) is 1.49. The van der Waals surface area contributed by atoms with Crippen molar-refractivity contribution in [3.63, 3.8) is 0 Å². The normalized spacial score (nSPS) is 10.1. The summed E-state index contributed by atoms with van der Waals surface area (Å²) in [5.41, 5.74) is 6.75. The molecule has 1 amide bonds. The summed E-state index contributed by atoms with van der Waals surface area (Å²) in [5, 5.41) is 2.66. The maximum Gasteiger partial charge on any atom is 0.256 e. The van der Waals surface area contributed by atoms with Gasteiger partial charge < -0.3 is 20.5 Å². The first-order valence-electron chi connectivity index (χ1n) is 6.74. The van der Waals surface area contributed by atoms with Gasteiger partial charge >= 0.3 is 0 Å². The summed E-state index contributed by atoms with van der Waals surface area (Å²) in [7, 11) is 3.09. The number of ether oxygens (including phenoxy) is 2. The highest BCUT2D eigenvalue weighted by Crippen LogP contribution is 2.36. The van der Waals surface area contributed by atoms with E-state index >= 15 is 0 Å². The second kappa shape index (κ2) is 6.75. The summed E-state index contributed by atoms with van der Waals surface area (Å²) in [6.45, 7) is 2.33. The lowest BCUT2D eigenvalue weighted by Gasteiger charge is -2.12. The maximum absolute atomic E-state index is 11.8. The number of rotatable bonds is 5. The Kier molecular flexibility index (Phi) is 4.77. The van der Waals surface area contributed by atoms with E-state index in [0.29, 0.717) is 29.4 Å². The number of nitrogens with one attached hydrogen (secondary N) is 1. The van der Waals surface area contributed by atoms with E-state index in [4.69, 9.17) is 15.2 Å². The zero-order valence-electron chi connectivity index (χ0n) is 12.7. The first kappa shape index (κ1) is 15.6. The van der Waals surface area contributed by atoms with Gasteiger partial charge in [-0.05, 0) is 19.1 Å².